The van der Waals surface area contributed by atoms with E-state index in [1.54, 1.807) is 6.20 Å². The first-order chi connectivity index (χ1) is 9.25. The molecule has 3 nitrogen and oxygen atoms in total. The minimum absolute atomic E-state index is 0.189. The Morgan fingerprint density at radius 1 is 1.05 bits per heavy atom. The fourth-order valence-electron chi connectivity index (χ4n) is 2.26. The minimum Gasteiger partial charge on any atom is -0.320 e. The molecule has 3 heteroatoms. The zero-order chi connectivity index (χ0) is 13.2. The van der Waals surface area contributed by atoms with Crippen LogP contribution < -0.4 is 5.73 Å². The fraction of sp³-hybridized carbons (Fsp3) is 0.125. The molecule has 1 unspecified atom stereocenters. The lowest BCUT2D eigenvalue weighted by atomic mass is 9.99. The van der Waals surface area contributed by atoms with Gasteiger partial charge in [-0.1, -0.05) is 24.3 Å². The quantitative estimate of drug-likeness (QED) is 0.759. The Hall–Kier alpha value is -2.26. The van der Waals surface area contributed by atoms with Crippen molar-refractivity contribution in [3.63, 3.8) is 0 Å². The highest BCUT2D eigenvalue weighted by atomic mass is 14.7. The number of hydrogen-bond donors (Lipinski definition) is 1. The third-order valence-corrected chi connectivity index (χ3v) is 3.35. The standard InChI is InChI=1S/C16H15N3/c1-11-14(6-4-8-18-11)16(17)13-9-12-5-2-3-7-15(12)19-10-13/h2-10,16H,17H2,1H3. The third-order valence-electron chi connectivity index (χ3n) is 3.35. The average Bonchev–Trinajstić information content (AvgIpc) is 2.46. The molecule has 0 saturated carbocycles. The number of aromatic nitrogens is 2. The number of rotatable bonds is 2. The molecule has 94 valence electrons. The van der Waals surface area contributed by atoms with Crippen LogP contribution in [-0.2, 0) is 0 Å². The molecule has 0 aliphatic carbocycles. The number of nitrogens with zero attached hydrogens (tertiary/aromatic N) is 2. The van der Waals surface area contributed by atoms with Crippen molar-refractivity contribution in [1.82, 2.24) is 9.97 Å². The SMILES string of the molecule is Cc1ncccc1C(N)c1cnc2ccccc2c1. The molecule has 0 spiro atoms. The van der Waals surface area contributed by atoms with Crippen LogP contribution in [0.4, 0.5) is 0 Å². The molecule has 3 rings (SSSR count). The summed E-state index contributed by atoms with van der Waals surface area (Å²) in [7, 11) is 0. The van der Waals surface area contributed by atoms with E-state index in [9.17, 15) is 0 Å². The number of fused-ring (bicyclic) bond motifs is 1. The van der Waals surface area contributed by atoms with Gasteiger partial charge in [0, 0.05) is 23.5 Å². The van der Waals surface area contributed by atoms with Crippen molar-refractivity contribution in [3.05, 3.63) is 71.7 Å². The molecule has 3 aromatic rings. The Kier molecular flexibility index (Phi) is 2.97. The molecule has 0 aliphatic rings. The topological polar surface area (TPSA) is 51.8 Å². The maximum Gasteiger partial charge on any atom is 0.0702 e. The number of nitrogens with two attached hydrogens (primary N) is 1. The number of pyridine rings is 2. The number of aryl methyl sites for hydroxylation is 1. The minimum atomic E-state index is -0.189. The van der Waals surface area contributed by atoms with E-state index in [4.69, 9.17) is 5.73 Å². The van der Waals surface area contributed by atoms with E-state index in [2.05, 4.69) is 22.1 Å². The normalized spacial score (nSPS) is 12.5. The second-order valence-electron chi connectivity index (χ2n) is 4.62. The van der Waals surface area contributed by atoms with Crippen molar-refractivity contribution < 1.29 is 0 Å². The molecule has 1 atom stereocenters. The first-order valence-corrected chi connectivity index (χ1v) is 6.27. The smallest absolute Gasteiger partial charge is 0.0702 e. The van der Waals surface area contributed by atoms with Crippen molar-refractivity contribution in [1.29, 1.82) is 0 Å². The van der Waals surface area contributed by atoms with Gasteiger partial charge >= 0.3 is 0 Å². The molecule has 0 bridgehead atoms. The maximum atomic E-state index is 6.33. The maximum absolute atomic E-state index is 6.33. The molecule has 19 heavy (non-hydrogen) atoms. The van der Waals surface area contributed by atoms with Crippen LogP contribution >= 0.6 is 0 Å². The summed E-state index contributed by atoms with van der Waals surface area (Å²) in [4.78, 5) is 8.74. The second kappa shape index (κ2) is 4.78. The molecular weight excluding hydrogens is 234 g/mol. The lowest BCUT2D eigenvalue weighted by molar-refractivity contribution is 0.844. The number of benzene rings is 1. The molecular formula is C16H15N3. The van der Waals surface area contributed by atoms with Crippen LogP contribution in [0.5, 0.6) is 0 Å². The zero-order valence-corrected chi connectivity index (χ0v) is 10.7. The predicted molar refractivity (Wildman–Crippen MR) is 76.7 cm³/mol. The Labute approximate surface area is 112 Å². The Morgan fingerprint density at radius 2 is 1.89 bits per heavy atom. The first kappa shape index (κ1) is 11.8. The van der Waals surface area contributed by atoms with Gasteiger partial charge in [0.15, 0.2) is 0 Å². The molecule has 0 fully saturated rings. The summed E-state index contributed by atoms with van der Waals surface area (Å²) in [6.45, 7) is 1.98. The van der Waals surface area contributed by atoms with Crippen molar-refractivity contribution in [3.8, 4) is 0 Å². The van der Waals surface area contributed by atoms with Crippen molar-refractivity contribution in [2.24, 2.45) is 5.73 Å². The summed E-state index contributed by atoms with van der Waals surface area (Å²) in [5.74, 6) is 0. The molecule has 2 heterocycles. The van der Waals surface area contributed by atoms with Crippen LogP contribution in [0, 0.1) is 6.92 Å². The van der Waals surface area contributed by atoms with Gasteiger partial charge in [-0.15, -0.1) is 0 Å². The van der Waals surface area contributed by atoms with Gasteiger partial charge in [-0.2, -0.15) is 0 Å². The van der Waals surface area contributed by atoms with Gasteiger partial charge in [-0.3, -0.25) is 9.97 Å². The first-order valence-electron chi connectivity index (χ1n) is 6.27. The van der Waals surface area contributed by atoms with E-state index >= 15 is 0 Å². The van der Waals surface area contributed by atoms with Crippen molar-refractivity contribution in [2.45, 2.75) is 13.0 Å². The summed E-state index contributed by atoms with van der Waals surface area (Å²) in [5, 5.41) is 1.11. The number of para-hydroxylation sites is 1. The van der Waals surface area contributed by atoms with E-state index < -0.39 is 0 Å². The molecule has 0 amide bonds. The zero-order valence-electron chi connectivity index (χ0n) is 10.7. The highest BCUT2D eigenvalue weighted by Crippen LogP contribution is 2.23. The van der Waals surface area contributed by atoms with Gasteiger partial charge in [-0.25, -0.2) is 0 Å². The molecule has 2 aromatic heterocycles. The van der Waals surface area contributed by atoms with E-state index in [-0.39, 0.29) is 6.04 Å². The average molecular weight is 249 g/mol. The van der Waals surface area contributed by atoms with Crippen LogP contribution in [0.15, 0.2) is 54.9 Å². The lowest BCUT2D eigenvalue weighted by Crippen LogP contribution is -2.14. The van der Waals surface area contributed by atoms with Crippen LogP contribution in [0.1, 0.15) is 22.9 Å². The summed E-state index contributed by atoms with van der Waals surface area (Å²) >= 11 is 0. The highest BCUT2D eigenvalue weighted by molar-refractivity contribution is 5.78. The Morgan fingerprint density at radius 3 is 2.74 bits per heavy atom. The van der Waals surface area contributed by atoms with E-state index in [0.29, 0.717) is 0 Å². The third kappa shape index (κ3) is 2.20. The van der Waals surface area contributed by atoms with Crippen molar-refractivity contribution >= 4 is 10.9 Å². The molecule has 1 aromatic carbocycles. The van der Waals surface area contributed by atoms with Gasteiger partial charge in [0.05, 0.1) is 11.6 Å². The van der Waals surface area contributed by atoms with E-state index in [0.717, 1.165) is 27.7 Å². The molecule has 2 N–H and O–H groups in total. The van der Waals surface area contributed by atoms with Gasteiger partial charge < -0.3 is 5.73 Å². The second-order valence-corrected chi connectivity index (χ2v) is 4.62. The van der Waals surface area contributed by atoms with Crippen LogP contribution in [0.25, 0.3) is 10.9 Å². The highest BCUT2D eigenvalue weighted by Gasteiger charge is 2.12. The largest absolute Gasteiger partial charge is 0.320 e. The summed E-state index contributed by atoms with van der Waals surface area (Å²) in [5.41, 5.74) is 10.3. The van der Waals surface area contributed by atoms with E-state index in [1.807, 2.05) is 43.5 Å². The number of hydrogen-bond acceptors (Lipinski definition) is 3. The van der Waals surface area contributed by atoms with E-state index in [1.165, 1.54) is 0 Å². The summed E-state index contributed by atoms with van der Waals surface area (Å²) in [6.07, 6.45) is 3.63. The van der Waals surface area contributed by atoms with Crippen LogP contribution in [0.2, 0.25) is 0 Å². The molecule has 0 radical (unpaired) electrons. The monoisotopic (exact) mass is 249 g/mol. The fourth-order valence-corrected chi connectivity index (χ4v) is 2.26. The van der Waals surface area contributed by atoms with Gasteiger partial charge in [-0.05, 0) is 36.2 Å². The predicted octanol–water partition coefficient (Wildman–Crippen LogP) is 2.99. The van der Waals surface area contributed by atoms with Gasteiger partial charge in [0.2, 0.25) is 0 Å². The Balaban J connectivity index is 2.07. The van der Waals surface area contributed by atoms with Crippen molar-refractivity contribution in [2.75, 3.05) is 0 Å². The lowest BCUT2D eigenvalue weighted by Gasteiger charge is -2.14. The van der Waals surface area contributed by atoms with Crippen LogP contribution in [-0.4, -0.2) is 9.97 Å². The van der Waals surface area contributed by atoms with Gasteiger partial charge in [0.1, 0.15) is 0 Å². The summed E-state index contributed by atoms with van der Waals surface area (Å²) < 4.78 is 0. The Bertz CT molecular complexity index is 722. The summed E-state index contributed by atoms with van der Waals surface area (Å²) in [6, 6.07) is 13.9. The molecule has 0 saturated heterocycles. The van der Waals surface area contributed by atoms with Gasteiger partial charge in [0.25, 0.3) is 0 Å². The molecule has 0 aliphatic heterocycles. The van der Waals surface area contributed by atoms with Crippen LogP contribution in [0.3, 0.4) is 0 Å².